The lowest BCUT2D eigenvalue weighted by Gasteiger charge is -2.11. The predicted octanol–water partition coefficient (Wildman–Crippen LogP) is 5.59. The van der Waals surface area contributed by atoms with Gasteiger partial charge in [-0.15, -0.1) is 0 Å². The van der Waals surface area contributed by atoms with Crippen LogP contribution in [0.2, 0.25) is 10.0 Å². The van der Waals surface area contributed by atoms with Crippen molar-refractivity contribution in [2.24, 2.45) is 0 Å². The van der Waals surface area contributed by atoms with Crippen LogP contribution in [0.25, 0.3) is 11.1 Å². The van der Waals surface area contributed by atoms with Crippen LogP contribution in [0.3, 0.4) is 0 Å². The van der Waals surface area contributed by atoms with Gasteiger partial charge in [-0.25, -0.2) is 0 Å². The third-order valence-corrected chi connectivity index (χ3v) is 3.13. The largest absolute Gasteiger partial charge is 0.423 e. The summed E-state index contributed by atoms with van der Waals surface area (Å²) in [6.07, 6.45) is -4.83. The molecule has 0 heterocycles. The monoisotopic (exact) mass is 335 g/mol. The van der Waals surface area contributed by atoms with Crippen molar-refractivity contribution in [2.75, 3.05) is 0 Å². The summed E-state index contributed by atoms with van der Waals surface area (Å²) in [6, 6.07) is 6.99. The summed E-state index contributed by atoms with van der Waals surface area (Å²) in [5.74, 6) is 0. The molecule has 0 unspecified atom stereocenters. The molecule has 0 bridgehead atoms. The second-order valence-corrected chi connectivity index (χ2v) is 4.99. The minimum Gasteiger partial charge on any atom is -0.258 e. The van der Waals surface area contributed by atoms with Crippen molar-refractivity contribution in [3.63, 3.8) is 0 Å². The lowest BCUT2D eigenvalue weighted by Crippen LogP contribution is -2.09. The molecule has 0 saturated carbocycles. The van der Waals surface area contributed by atoms with Gasteiger partial charge in [-0.05, 0) is 35.9 Å². The maximum absolute atomic E-state index is 12.9. The first-order valence-corrected chi connectivity index (χ1v) is 6.27. The third-order valence-electron chi connectivity index (χ3n) is 2.70. The first kappa shape index (κ1) is 15.6. The zero-order chi connectivity index (χ0) is 15.8. The highest BCUT2D eigenvalue weighted by Crippen LogP contribution is 2.42. The van der Waals surface area contributed by atoms with Crippen LogP contribution >= 0.6 is 23.2 Å². The molecule has 3 nitrogen and oxygen atoms in total. The number of halogens is 5. The minimum absolute atomic E-state index is 0.144. The Bertz CT molecular complexity index is 697. The topological polar surface area (TPSA) is 43.1 Å². The molecule has 0 spiro atoms. The molecule has 110 valence electrons. The van der Waals surface area contributed by atoms with Gasteiger partial charge in [0.05, 0.1) is 10.5 Å². The molecule has 21 heavy (non-hydrogen) atoms. The average molecular weight is 336 g/mol. The molecule has 8 heteroatoms. The first-order chi connectivity index (χ1) is 9.70. The van der Waals surface area contributed by atoms with Crippen molar-refractivity contribution in [2.45, 2.75) is 6.18 Å². The maximum Gasteiger partial charge on any atom is 0.423 e. The van der Waals surface area contributed by atoms with Gasteiger partial charge >= 0.3 is 6.18 Å². The molecule has 0 N–H and O–H groups in total. The Labute approximate surface area is 127 Å². The fraction of sp³-hybridized carbons (Fsp3) is 0.0769. The summed E-state index contributed by atoms with van der Waals surface area (Å²) in [6.45, 7) is 0. The lowest BCUT2D eigenvalue weighted by atomic mass is 10.00. The van der Waals surface area contributed by atoms with Crippen molar-refractivity contribution in [1.29, 1.82) is 0 Å². The number of nitrogens with zero attached hydrogens (tertiary/aromatic N) is 1. The molecule has 0 atom stereocenters. The molecule has 0 saturated heterocycles. The molecule has 0 aliphatic heterocycles. The van der Waals surface area contributed by atoms with E-state index in [2.05, 4.69) is 0 Å². The van der Waals surface area contributed by atoms with Gasteiger partial charge in [-0.2, -0.15) is 13.2 Å². The third kappa shape index (κ3) is 3.28. The molecule has 2 aromatic carbocycles. The zero-order valence-corrected chi connectivity index (χ0v) is 11.6. The Morgan fingerprint density at radius 1 is 1.05 bits per heavy atom. The Hall–Kier alpha value is -1.79. The molecule has 0 aromatic heterocycles. The van der Waals surface area contributed by atoms with Crippen LogP contribution in [0.15, 0.2) is 36.4 Å². The van der Waals surface area contributed by atoms with E-state index in [9.17, 15) is 23.3 Å². The highest BCUT2D eigenvalue weighted by atomic mass is 35.5. The van der Waals surface area contributed by atoms with E-state index in [1.54, 1.807) is 0 Å². The number of alkyl halides is 3. The van der Waals surface area contributed by atoms with Crippen molar-refractivity contribution < 1.29 is 18.1 Å². The second kappa shape index (κ2) is 5.54. The number of para-hydroxylation sites is 1. The number of nitro groups is 1. The minimum atomic E-state index is -4.83. The molecule has 0 aliphatic rings. The molecule has 2 aromatic rings. The second-order valence-electron chi connectivity index (χ2n) is 4.11. The van der Waals surface area contributed by atoms with Gasteiger partial charge in [0.2, 0.25) is 0 Å². The first-order valence-electron chi connectivity index (χ1n) is 5.51. The summed E-state index contributed by atoms with van der Waals surface area (Å²) >= 11 is 11.6. The molecule has 2 rings (SSSR count). The van der Waals surface area contributed by atoms with E-state index in [1.807, 2.05) is 0 Å². The Balaban J connectivity index is 2.77. The van der Waals surface area contributed by atoms with E-state index < -0.39 is 22.4 Å². The van der Waals surface area contributed by atoms with Gasteiger partial charge in [-0.3, -0.25) is 10.1 Å². The molecule has 0 aliphatic carbocycles. The zero-order valence-electron chi connectivity index (χ0n) is 10.1. The number of benzene rings is 2. The van der Waals surface area contributed by atoms with E-state index in [-0.39, 0.29) is 21.2 Å². The molecule has 0 fully saturated rings. The van der Waals surface area contributed by atoms with Gasteiger partial charge in [0.1, 0.15) is 5.56 Å². The summed E-state index contributed by atoms with van der Waals surface area (Å²) in [5.41, 5.74) is -2.39. The normalized spacial score (nSPS) is 11.5. The lowest BCUT2D eigenvalue weighted by molar-refractivity contribution is -0.387. The molecular formula is C13H6Cl2F3NO2. The number of nitro benzene ring substituents is 1. The quantitative estimate of drug-likeness (QED) is 0.530. The van der Waals surface area contributed by atoms with E-state index >= 15 is 0 Å². The smallest absolute Gasteiger partial charge is 0.258 e. The van der Waals surface area contributed by atoms with Crippen molar-refractivity contribution in [3.05, 3.63) is 62.1 Å². The standard InChI is InChI=1S/C13H6Cl2F3NO2/c14-8-4-7(5-9(15)6-8)10-2-1-3-11(13(16,17)18)12(10)19(20)21/h1-6H. The van der Waals surface area contributed by atoms with Gasteiger partial charge < -0.3 is 0 Å². The summed E-state index contributed by atoms with van der Waals surface area (Å²) in [5, 5.41) is 11.4. The van der Waals surface area contributed by atoms with Gasteiger partial charge in [0.25, 0.3) is 5.69 Å². The van der Waals surface area contributed by atoms with E-state index in [4.69, 9.17) is 23.2 Å². The van der Waals surface area contributed by atoms with E-state index in [0.717, 1.165) is 6.07 Å². The van der Waals surface area contributed by atoms with E-state index in [1.165, 1.54) is 24.3 Å². The number of hydrogen-bond donors (Lipinski definition) is 0. The Kier molecular flexibility index (Phi) is 4.11. The van der Waals surface area contributed by atoms with Crippen molar-refractivity contribution >= 4 is 28.9 Å². The maximum atomic E-state index is 12.9. The number of hydrogen-bond acceptors (Lipinski definition) is 2. The summed E-state index contributed by atoms with van der Waals surface area (Å²) in [4.78, 5) is 10.0. The van der Waals surface area contributed by atoms with Crippen molar-refractivity contribution in [3.8, 4) is 11.1 Å². The average Bonchev–Trinajstić information content (AvgIpc) is 2.35. The highest BCUT2D eigenvalue weighted by molar-refractivity contribution is 6.35. The summed E-state index contributed by atoms with van der Waals surface area (Å²) < 4.78 is 38.7. The van der Waals surface area contributed by atoms with Crippen LogP contribution in [-0.2, 0) is 6.18 Å². The fourth-order valence-electron chi connectivity index (χ4n) is 1.91. The fourth-order valence-corrected chi connectivity index (χ4v) is 2.44. The Morgan fingerprint density at radius 2 is 1.62 bits per heavy atom. The van der Waals surface area contributed by atoms with Crippen LogP contribution in [0.4, 0.5) is 18.9 Å². The van der Waals surface area contributed by atoms with E-state index in [0.29, 0.717) is 6.07 Å². The number of rotatable bonds is 2. The van der Waals surface area contributed by atoms with Gasteiger partial charge in [0, 0.05) is 10.0 Å². The van der Waals surface area contributed by atoms with Crippen LogP contribution in [0.1, 0.15) is 5.56 Å². The van der Waals surface area contributed by atoms with Crippen LogP contribution in [0.5, 0.6) is 0 Å². The van der Waals surface area contributed by atoms with Gasteiger partial charge in [-0.1, -0.05) is 29.3 Å². The summed E-state index contributed by atoms with van der Waals surface area (Å²) in [7, 11) is 0. The van der Waals surface area contributed by atoms with Crippen LogP contribution < -0.4 is 0 Å². The Morgan fingerprint density at radius 3 is 2.10 bits per heavy atom. The molecular weight excluding hydrogens is 330 g/mol. The molecule has 0 amide bonds. The SMILES string of the molecule is O=[N+]([O-])c1c(-c2cc(Cl)cc(Cl)c2)cccc1C(F)(F)F. The van der Waals surface area contributed by atoms with Gasteiger partial charge in [0.15, 0.2) is 0 Å². The van der Waals surface area contributed by atoms with Crippen LogP contribution in [-0.4, -0.2) is 4.92 Å². The predicted molar refractivity (Wildman–Crippen MR) is 73.6 cm³/mol. The van der Waals surface area contributed by atoms with Crippen molar-refractivity contribution in [1.82, 2.24) is 0 Å². The highest BCUT2D eigenvalue weighted by Gasteiger charge is 2.39. The molecule has 0 radical (unpaired) electrons. The van der Waals surface area contributed by atoms with Crippen LogP contribution in [0, 0.1) is 10.1 Å².